The Morgan fingerprint density at radius 3 is 2.54 bits per heavy atom. The summed E-state index contributed by atoms with van der Waals surface area (Å²) >= 11 is 1.48. The van der Waals surface area contributed by atoms with E-state index in [1.807, 2.05) is 59.5 Å². The molecule has 1 aliphatic heterocycles. The van der Waals surface area contributed by atoms with Gasteiger partial charge in [0.15, 0.2) is 0 Å². The predicted molar refractivity (Wildman–Crippen MR) is 104 cm³/mol. The molecule has 4 rings (SSSR count). The maximum atomic E-state index is 11.0. The Hall–Kier alpha value is -2.70. The van der Waals surface area contributed by atoms with Gasteiger partial charge in [-0.1, -0.05) is 42.5 Å². The fourth-order valence-electron chi connectivity index (χ4n) is 3.32. The second-order valence-corrected chi connectivity index (χ2v) is 7.21. The number of nitrogens with one attached hydrogen (secondary N) is 1. The second-order valence-electron chi connectivity index (χ2n) is 6.18. The molecule has 0 saturated carbocycles. The molecule has 26 heavy (non-hydrogen) atoms. The predicted octanol–water partition coefficient (Wildman–Crippen LogP) is 3.98. The summed E-state index contributed by atoms with van der Waals surface area (Å²) in [6.45, 7) is 0.538. The third kappa shape index (κ3) is 2.77. The summed E-state index contributed by atoms with van der Waals surface area (Å²) in [7, 11) is 0. The smallest absolute Gasteiger partial charge is 0.135 e. The number of benzene rings is 2. The molecule has 0 fully saturated rings. The highest BCUT2D eigenvalue weighted by Crippen LogP contribution is 2.42. The zero-order valence-electron chi connectivity index (χ0n) is 14.1. The van der Waals surface area contributed by atoms with Crippen molar-refractivity contribution in [3.63, 3.8) is 0 Å². The monoisotopic (exact) mass is 365 g/mol. The summed E-state index contributed by atoms with van der Waals surface area (Å²) in [6, 6.07) is 17.1. The fourth-order valence-corrected chi connectivity index (χ4v) is 4.34. The number of aromatic nitrogens is 1. The van der Waals surface area contributed by atoms with Gasteiger partial charge < -0.3 is 15.1 Å². The average molecular weight is 365 g/mol. The molecule has 1 aliphatic rings. The van der Waals surface area contributed by atoms with Crippen LogP contribution < -0.4 is 0 Å². The van der Waals surface area contributed by atoms with Crippen molar-refractivity contribution in [2.45, 2.75) is 12.5 Å². The normalized spacial score (nSPS) is 17.5. The lowest BCUT2D eigenvalue weighted by Gasteiger charge is -2.27. The highest BCUT2D eigenvalue weighted by atomic mass is 32.1. The summed E-state index contributed by atoms with van der Waals surface area (Å²) < 4.78 is 1.03. The molecule has 3 N–H and O–H groups in total. The first kappa shape index (κ1) is 16.8. The summed E-state index contributed by atoms with van der Waals surface area (Å²) in [6.07, 6.45) is 0.534. The van der Waals surface area contributed by atoms with E-state index in [9.17, 15) is 10.2 Å². The molecule has 0 spiro atoms. The van der Waals surface area contributed by atoms with Crippen molar-refractivity contribution in [1.29, 1.82) is 5.41 Å². The number of rotatable bonds is 5. The molecule has 0 amide bonds. The molecule has 2 heterocycles. The Balaban J connectivity index is 1.81. The number of amidine groups is 1. The van der Waals surface area contributed by atoms with Gasteiger partial charge in [0.05, 0.1) is 15.8 Å². The molecule has 1 aromatic heterocycles. The molecule has 6 heteroatoms. The Kier molecular flexibility index (Phi) is 4.44. The first-order valence-corrected chi connectivity index (χ1v) is 9.33. The Labute approximate surface area is 155 Å². The van der Waals surface area contributed by atoms with Crippen molar-refractivity contribution in [3.8, 4) is 0 Å². The fraction of sp³-hybridized carbons (Fsp3) is 0.200. The van der Waals surface area contributed by atoms with Crippen molar-refractivity contribution in [2.75, 3.05) is 13.2 Å². The quantitative estimate of drug-likeness (QED) is 0.639. The third-order valence-electron chi connectivity index (χ3n) is 4.53. The van der Waals surface area contributed by atoms with Crippen molar-refractivity contribution < 1.29 is 10.2 Å². The molecule has 0 bridgehead atoms. The van der Waals surface area contributed by atoms with Crippen LogP contribution in [-0.2, 0) is 0 Å². The standard InChI is InChI=1S/C20H19N3O2S/c21-19-16(20-22-14-9-4-5-10-15(14)26-20)18(25)17(23(19)11-6-12-24)13-7-2-1-3-8-13/h1-5,7-10,17,21,24-25H,6,11-12H2/t17-/m1/s1. The largest absolute Gasteiger partial charge is 0.509 e. The van der Waals surface area contributed by atoms with Gasteiger partial charge in [-0.05, 0) is 24.1 Å². The SMILES string of the molecule is N=C1C(c2nc3ccccc3s2)=C(O)[C@@H](c2ccccc2)N1CCCO. The van der Waals surface area contributed by atoms with Crippen LogP contribution in [0.1, 0.15) is 23.0 Å². The molecular weight excluding hydrogens is 346 g/mol. The lowest BCUT2D eigenvalue weighted by atomic mass is 10.0. The maximum absolute atomic E-state index is 11.0. The Morgan fingerprint density at radius 1 is 1.08 bits per heavy atom. The molecular formula is C20H19N3O2S. The van der Waals surface area contributed by atoms with Crippen LogP contribution in [0.4, 0.5) is 0 Å². The van der Waals surface area contributed by atoms with E-state index in [4.69, 9.17) is 5.41 Å². The van der Waals surface area contributed by atoms with Gasteiger partial charge >= 0.3 is 0 Å². The number of nitrogens with zero attached hydrogens (tertiary/aromatic N) is 2. The van der Waals surface area contributed by atoms with E-state index in [1.165, 1.54) is 11.3 Å². The van der Waals surface area contributed by atoms with E-state index in [2.05, 4.69) is 4.98 Å². The van der Waals surface area contributed by atoms with Crippen molar-refractivity contribution >= 4 is 33.0 Å². The van der Waals surface area contributed by atoms with Crippen LogP contribution >= 0.6 is 11.3 Å². The minimum atomic E-state index is -0.419. The molecule has 0 unspecified atom stereocenters. The first-order chi connectivity index (χ1) is 12.7. The van der Waals surface area contributed by atoms with Crippen LogP contribution in [0.2, 0.25) is 0 Å². The van der Waals surface area contributed by atoms with Gasteiger partial charge in [-0.25, -0.2) is 4.98 Å². The maximum Gasteiger partial charge on any atom is 0.135 e. The highest BCUT2D eigenvalue weighted by molar-refractivity contribution is 7.19. The summed E-state index contributed by atoms with van der Waals surface area (Å²) in [5.74, 6) is 0.405. The van der Waals surface area contributed by atoms with Gasteiger partial charge in [-0.15, -0.1) is 11.3 Å². The van der Waals surface area contributed by atoms with Gasteiger partial charge in [0.1, 0.15) is 22.6 Å². The van der Waals surface area contributed by atoms with Gasteiger partial charge in [0.25, 0.3) is 0 Å². The molecule has 1 atom stereocenters. The zero-order chi connectivity index (χ0) is 18.1. The molecule has 5 nitrogen and oxygen atoms in total. The summed E-state index contributed by atoms with van der Waals surface area (Å²) in [4.78, 5) is 6.46. The van der Waals surface area contributed by atoms with Crippen LogP contribution in [0.15, 0.2) is 60.4 Å². The highest BCUT2D eigenvalue weighted by Gasteiger charge is 2.39. The van der Waals surface area contributed by atoms with E-state index in [1.54, 1.807) is 0 Å². The minimum absolute atomic E-state index is 0.0442. The summed E-state index contributed by atoms with van der Waals surface area (Å²) in [5.41, 5.74) is 2.27. The van der Waals surface area contributed by atoms with Crippen molar-refractivity contribution in [3.05, 3.63) is 70.9 Å². The van der Waals surface area contributed by atoms with Crippen molar-refractivity contribution in [2.24, 2.45) is 0 Å². The Morgan fingerprint density at radius 2 is 1.81 bits per heavy atom. The summed E-state index contributed by atoms with van der Waals surface area (Å²) in [5, 5.41) is 29.6. The molecule has 0 aliphatic carbocycles. The molecule has 0 radical (unpaired) electrons. The van der Waals surface area contributed by atoms with E-state index in [0.29, 0.717) is 23.5 Å². The van der Waals surface area contributed by atoms with E-state index < -0.39 is 6.04 Å². The molecule has 132 valence electrons. The number of aliphatic hydroxyl groups excluding tert-OH is 2. The lowest BCUT2D eigenvalue weighted by molar-refractivity contribution is 0.236. The second kappa shape index (κ2) is 6.90. The van der Waals surface area contributed by atoms with Crippen LogP contribution in [0, 0.1) is 5.41 Å². The van der Waals surface area contributed by atoms with Crippen LogP contribution in [0.25, 0.3) is 15.8 Å². The minimum Gasteiger partial charge on any atom is -0.509 e. The van der Waals surface area contributed by atoms with Gasteiger partial charge in [0, 0.05) is 13.2 Å². The van der Waals surface area contributed by atoms with Crippen LogP contribution in [-0.4, -0.2) is 39.1 Å². The van der Waals surface area contributed by atoms with Gasteiger partial charge in [-0.2, -0.15) is 0 Å². The number of aliphatic hydroxyl groups is 2. The topological polar surface area (TPSA) is 80.4 Å². The average Bonchev–Trinajstić information content (AvgIpc) is 3.18. The zero-order valence-corrected chi connectivity index (χ0v) is 14.9. The van der Waals surface area contributed by atoms with Crippen molar-refractivity contribution in [1.82, 2.24) is 9.88 Å². The van der Waals surface area contributed by atoms with Crippen LogP contribution in [0.5, 0.6) is 0 Å². The Bertz CT molecular complexity index is 948. The number of para-hydroxylation sites is 1. The van der Waals surface area contributed by atoms with E-state index in [-0.39, 0.29) is 18.2 Å². The third-order valence-corrected chi connectivity index (χ3v) is 5.58. The number of hydrogen-bond donors (Lipinski definition) is 3. The molecule has 0 saturated heterocycles. The van der Waals surface area contributed by atoms with E-state index >= 15 is 0 Å². The lowest BCUT2D eigenvalue weighted by Crippen LogP contribution is -2.31. The molecule has 3 aromatic rings. The van der Waals surface area contributed by atoms with E-state index in [0.717, 1.165) is 15.8 Å². The number of thiazole rings is 1. The molecule has 2 aromatic carbocycles. The van der Waals surface area contributed by atoms with Gasteiger partial charge in [0.2, 0.25) is 0 Å². The van der Waals surface area contributed by atoms with Gasteiger partial charge in [-0.3, -0.25) is 5.41 Å². The van der Waals surface area contributed by atoms with Crippen LogP contribution in [0.3, 0.4) is 0 Å². The number of fused-ring (bicyclic) bond motifs is 1. The first-order valence-electron chi connectivity index (χ1n) is 8.51. The number of hydrogen-bond acceptors (Lipinski definition) is 5.